The summed E-state index contributed by atoms with van der Waals surface area (Å²) in [6.07, 6.45) is 2.35. The summed E-state index contributed by atoms with van der Waals surface area (Å²) in [5.41, 5.74) is 2.03. The number of allylic oxidation sites excluding steroid dienone is 1. The van der Waals surface area contributed by atoms with Gasteiger partial charge in [-0.05, 0) is 42.0 Å². The summed E-state index contributed by atoms with van der Waals surface area (Å²) in [5, 5.41) is 24.9. The number of hydrogen-bond acceptors (Lipinski definition) is 5. The van der Waals surface area contributed by atoms with E-state index >= 15 is 0 Å². The predicted molar refractivity (Wildman–Crippen MR) is 137 cm³/mol. The van der Waals surface area contributed by atoms with E-state index in [1.807, 2.05) is 68.4 Å². The Kier molecular flexibility index (Phi) is 12.0. The zero-order chi connectivity index (χ0) is 25.6. The first-order valence-corrected chi connectivity index (χ1v) is 12.0. The smallest absolute Gasteiger partial charge is 0.224 e. The number of amides is 2. The number of aliphatic hydroxyl groups is 2. The minimum atomic E-state index is -0.597. The van der Waals surface area contributed by atoms with E-state index in [2.05, 4.69) is 17.2 Å². The van der Waals surface area contributed by atoms with Crippen molar-refractivity contribution in [2.75, 3.05) is 13.2 Å². The van der Waals surface area contributed by atoms with Crippen LogP contribution in [0.1, 0.15) is 37.8 Å². The van der Waals surface area contributed by atoms with Gasteiger partial charge in [0.15, 0.2) is 0 Å². The highest BCUT2D eigenvalue weighted by molar-refractivity contribution is 5.86. The van der Waals surface area contributed by atoms with Crippen molar-refractivity contribution >= 4 is 11.8 Å². The van der Waals surface area contributed by atoms with Gasteiger partial charge in [0.25, 0.3) is 0 Å². The average Bonchev–Trinajstić information content (AvgIpc) is 2.86. The highest BCUT2D eigenvalue weighted by atomic mass is 16.5. The molecule has 2 aromatic carbocycles. The standard InChI is InChI=1S/C28H38N2O5/c1-4-8-23(28(34)30-26(18-32)20(2)3)16-27(33)29-24(17-31)15-21-11-13-25(14-12-21)35-19-22-9-6-5-7-10-22/h4-7,9-14,20,23-24,26,31-32H,1,8,15-19H2,2-3H3,(H,29,33)(H,30,34)/t23-,24+,26-/m1/s1. The molecule has 3 atom stereocenters. The van der Waals surface area contributed by atoms with E-state index in [-0.39, 0.29) is 43.4 Å². The van der Waals surface area contributed by atoms with Crippen LogP contribution in [0.2, 0.25) is 0 Å². The molecule has 0 saturated carbocycles. The molecule has 35 heavy (non-hydrogen) atoms. The van der Waals surface area contributed by atoms with Crippen molar-refractivity contribution < 1.29 is 24.5 Å². The van der Waals surface area contributed by atoms with E-state index in [1.165, 1.54) is 0 Å². The Balaban J connectivity index is 1.88. The van der Waals surface area contributed by atoms with Crippen LogP contribution in [-0.4, -0.2) is 47.3 Å². The average molecular weight is 483 g/mol. The second kappa shape index (κ2) is 15.0. The molecule has 0 saturated heterocycles. The van der Waals surface area contributed by atoms with Gasteiger partial charge >= 0.3 is 0 Å². The van der Waals surface area contributed by atoms with E-state index in [4.69, 9.17) is 4.74 Å². The van der Waals surface area contributed by atoms with Gasteiger partial charge in [0.1, 0.15) is 12.4 Å². The quantitative estimate of drug-likeness (QED) is 0.292. The number of carbonyl (C=O) groups is 2. The first-order chi connectivity index (χ1) is 16.9. The summed E-state index contributed by atoms with van der Waals surface area (Å²) in [6, 6.07) is 16.6. The van der Waals surface area contributed by atoms with Crippen molar-refractivity contribution in [3.8, 4) is 5.75 Å². The second-order valence-electron chi connectivity index (χ2n) is 9.04. The Morgan fingerprint density at radius 1 is 0.971 bits per heavy atom. The van der Waals surface area contributed by atoms with Crippen LogP contribution in [0, 0.1) is 11.8 Å². The van der Waals surface area contributed by atoms with Crippen molar-refractivity contribution in [1.82, 2.24) is 10.6 Å². The minimum absolute atomic E-state index is 0.0309. The molecule has 7 heteroatoms. The Labute approximate surface area is 208 Å². The molecule has 0 aromatic heterocycles. The maximum absolute atomic E-state index is 12.7. The lowest BCUT2D eigenvalue weighted by Crippen LogP contribution is -2.46. The Hall–Kier alpha value is -3.16. The maximum atomic E-state index is 12.7. The van der Waals surface area contributed by atoms with Crippen molar-refractivity contribution in [1.29, 1.82) is 0 Å². The largest absolute Gasteiger partial charge is 0.489 e. The second-order valence-corrected chi connectivity index (χ2v) is 9.04. The molecule has 0 bridgehead atoms. The molecule has 0 spiro atoms. The zero-order valence-corrected chi connectivity index (χ0v) is 20.7. The van der Waals surface area contributed by atoms with Crippen LogP contribution in [0.3, 0.4) is 0 Å². The lowest BCUT2D eigenvalue weighted by molar-refractivity contribution is -0.131. The van der Waals surface area contributed by atoms with Crippen LogP contribution >= 0.6 is 0 Å². The monoisotopic (exact) mass is 482 g/mol. The Bertz CT molecular complexity index is 915. The number of carbonyl (C=O) groups excluding carboxylic acids is 2. The van der Waals surface area contributed by atoms with Gasteiger partial charge in [0.05, 0.1) is 31.2 Å². The van der Waals surface area contributed by atoms with Crippen LogP contribution in [-0.2, 0) is 22.6 Å². The molecule has 0 aliphatic carbocycles. The molecule has 7 nitrogen and oxygen atoms in total. The van der Waals surface area contributed by atoms with Gasteiger partial charge in [0.2, 0.25) is 11.8 Å². The third-order valence-electron chi connectivity index (χ3n) is 5.82. The molecule has 0 fully saturated rings. The summed E-state index contributed by atoms with van der Waals surface area (Å²) in [6.45, 7) is 7.58. The molecule has 2 aromatic rings. The third kappa shape index (κ3) is 9.92. The lowest BCUT2D eigenvalue weighted by atomic mass is 9.97. The van der Waals surface area contributed by atoms with Gasteiger partial charge in [-0.2, -0.15) is 0 Å². The summed E-state index contributed by atoms with van der Waals surface area (Å²) >= 11 is 0. The first-order valence-electron chi connectivity index (χ1n) is 12.0. The molecular formula is C28H38N2O5. The molecule has 190 valence electrons. The first kappa shape index (κ1) is 28.1. The van der Waals surface area contributed by atoms with E-state index in [0.717, 1.165) is 16.9 Å². The van der Waals surface area contributed by atoms with Gasteiger partial charge in [-0.15, -0.1) is 6.58 Å². The van der Waals surface area contributed by atoms with E-state index < -0.39 is 12.0 Å². The molecule has 0 heterocycles. The van der Waals surface area contributed by atoms with E-state index in [1.54, 1.807) is 6.08 Å². The van der Waals surface area contributed by atoms with E-state index in [0.29, 0.717) is 19.4 Å². The Morgan fingerprint density at radius 2 is 1.66 bits per heavy atom. The summed E-state index contributed by atoms with van der Waals surface area (Å²) in [4.78, 5) is 25.3. The normalized spacial score (nSPS) is 13.5. The number of nitrogens with one attached hydrogen (secondary N) is 2. The number of rotatable bonds is 15. The van der Waals surface area contributed by atoms with Crippen LogP contribution in [0.4, 0.5) is 0 Å². The summed E-state index contributed by atoms with van der Waals surface area (Å²) < 4.78 is 5.80. The zero-order valence-electron chi connectivity index (χ0n) is 20.7. The molecule has 2 rings (SSSR count). The SMILES string of the molecule is C=CC[C@H](CC(=O)N[C@H](CO)Cc1ccc(OCc2ccccc2)cc1)C(=O)N[C@H](CO)C(C)C. The van der Waals surface area contributed by atoms with Crippen molar-refractivity contribution in [2.45, 2.75) is 51.8 Å². The van der Waals surface area contributed by atoms with Crippen molar-refractivity contribution in [2.24, 2.45) is 11.8 Å². The van der Waals surface area contributed by atoms with E-state index in [9.17, 15) is 19.8 Å². The Morgan fingerprint density at radius 3 is 2.23 bits per heavy atom. The molecule has 0 radical (unpaired) electrons. The molecule has 4 N–H and O–H groups in total. The van der Waals surface area contributed by atoms with Crippen LogP contribution in [0.25, 0.3) is 0 Å². The molecule has 2 amide bonds. The summed E-state index contributed by atoms with van der Waals surface area (Å²) in [5.74, 6) is -0.404. The van der Waals surface area contributed by atoms with Gasteiger partial charge in [-0.25, -0.2) is 0 Å². The fraction of sp³-hybridized carbons (Fsp3) is 0.429. The van der Waals surface area contributed by atoms with Gasteiger partial charge < -0.3 is 25.6 Å². The van der Waals surface area contributed by atoms with Crippen LogP contribution < -0.4 is 15.4 Å². The number of hydrogen-bond donors (Lipinski definition) is 4. The fourth-order valence-electron chi connectivity index (χ4n) is 3.63. The van der Waals surface area contributed by atoms with Crippen molar-refractivity contribution in [3.05, 3.63) is 78.4 Å². The molecular weight excluding hydrogens is 444 g/mol. The third-order valence-corrected chi connectivity index (χ3v) is 5.82. The molecule has 0 aliphatic heterocycles. The molecule has 0 aliphatic rings. The summed E-state index contributed by atoms with van der Waals surface area (Å²) in [7, 11) is 0. The number of benzene rings is 2. The van der Waals surface area contributed by atoms with Gasteiger partial charge in [-0.3, -0.25) is 9.59 Å². The minimum Gasteiger partial charge on any atom is -0.489 e. The molecule has 0 unspecified atom stereocenters. The number of ether oxygens (including phenoxy) is 1. The topological polar surface area (TPSA) is 108 Å². The van der Waals surface area contributed by atoms with Gasteiger partial charge in [-0.1, -0.05) is 62.4 Å². The highest BCUT2D eigenvalue weighted by Gasteiger charge is 2.25. The van der Waals surface area contributed by atoms with Crippen LogP contribution in [0.15, 0.2) is 67.3 Å². The highest BCUT2D eigenvalue weighted by Crippen LogP contribution is 2.16. The van der Waals surface area contributed by atoms with Crippen molar-refractivity contribution in [3.63, 3.8) is 0 Å². The number of aliphatic hydroxyl groups excluding tert-OH is 2. The van der Waals surface area contributed by atoms with Gasteiger partial charge in [0, 0.05) is 6.42 Å². The fourth-order valence-corrected chi connectivity index (χ4v) is 3.63. The van der Waals surface area contributed by atoms with Crippen LogP contribution in [0.5, 0.6) is 5.75 Å². The predicted octanol–water partition coefficient (Wildman–Crippen LogP) is 3.00. The maximum Gasteiger partial charge on any atom is 0.224 e. The lowest BCUT2D eigenvalue weighted by Gasteiger charge is -2.24.